The number of unbranched alkanes of at least 4 members (excludes halogenated alkanes) is 12. The molecule has 0 radical (unpaired) electrons. The second-order valence-corrected chi connectivity index (χ2v) is 18.3. The van der Waals surface area contributed by atoms with Gasteiger partial charge in [-0.15, -0.1) is 0 Å². The van der Waals surface area contributed by atoms with E-state index in [1.54, 1.807) is 0 Å². The number of hydrogen-bond acceptors (Lipinski definition) is 11. The minimum atomic E-state index is -4.87. The molecule has 1 aliphatic heterocycles. The minimum Gasteiger partial charge on any atom is -0.462 e. The van der Waals surface area contributed by atoms with Gasteiger partial charge in [-0.25, -0.2) is 9.13 Å². The SMILES string of the molecule is CCCCCC1OC1C/C=C\C/C=C\C/C=C\CCCC(=O)OC[C@H](COP(=O)(O)OC[C@@H](O)COP(=O)(O)O)OC(=O)CCCCCCCCCCCCC(C)CC. The van der Waals surface area contributed by atoms with Gasteiger partial charge in [-0.05, 0) is 50.9 Å². The molecule has 0 amide bonds. The van der Waals surface area contributed by atoms with E-state index in [1.165, 1.54) is 77.0 Å². The largest absolute Gasteiger partial charge is 0.472 e. The van der Waals surface area contributed by atoms with Crippen LogP contribution in [0.3, 0.4) is 0 Å². The number of phosphoric acid groups is 2. The van der Waals surface area contributed by atoms with E-state index < -0.39 is 66.2 Å². The van der Waals surface area contributed by atoms with Gasteiger partial charge in [-0.1, -0.05) is 147 Å². The molecule has 0 aromatic rings. The molecule has 0 bridgehead atoms. The normalized spacial score (nSPS) is 18.4. The number of esters is 2. The lowest BCUT2D eigenvalue weighted by molar-refractivity contribution is -0.161. The fraction of sp³-hybridized carbons (Fsp3) is 0.814. The van der Waals surface area contributed by atoms with Crippen molar-refractivity contribution < 1.29 is 66.3 Å². The van der Waals surface area contributed by atoms with Crippen LogP contribution < -0.4 is 0 Å². The molecule has 1 saturated heterocycles. The molecule has 0 aromatic heterocycles. The van der Waals surface area contributed by atoms with Crippen molar-refractivity contribution in [2.45, 2.75) is 193 Å². The van der Waals surface area contributed by atoms with E-state index in [9.17, 15) is 28.7 Å². The van der Waals surface area contributed by atoms with Crippen molar-refractivity contribution in [2.75, 3.05) is 26.4 Å². The van der Waals surface area contributed by atoms with Crippen LogP contribution in [0.15, 0.2) is 36.5 Å². The van der Waals surface area contributed by atoms with Crippen LogP contribution in [0.1, 0.15) is 168 Å². The maximum atomic E-state index is 12.7. The highest BCUT2D eigenvalue weighted by Gasteiger charge is 2.36. The second kappa shape index (κ2) is 34.8. The van der Waals surface area contributed by atoms with Gasteiger partial charge < -0.3 is 34.0 Å². The number of carbonyl (C=O) groups excluding carboxylic acids is 2. The van der Waals surface area contributed by atoms with Crippen molar-refractivity contribution in [1.29, 1.82) is 0 Å². The summed E-state index contributed by atoms with van der Waals surface area (Å²) in [7, 11) is -9.69. The summed E-state index contributed by atoms with van der Waals surface area (Å²) >= 11 is 0. The molecule has 1 fully saturated rings. The first kappa shape index (κ1) is 55.3. The molecule has 59 heavy (non-hydrogen) atoms. The third-order valence-electron chi connectivity index (χ3n) is 9.99. The Morgan fingerprint density at radius 1 is 0.661 bits per heavy atom. The Kier molecular flexibility index (Phi) is 32.7. The topological polar surface area (TPSA) is 208 Å². The Balaban J connectivity index is 2.38. The average molecular weight is 881 g/mol. The van der Waals surface area contributed by atoms with Gasteiger partial charge in [0.2, 0.25) is 0 Å². The molecule has 344 valence electrons. The van der Waals surface area contributed by atoms with Gasteiger partial charge in [-0.3, -0.25) is 23.2 Å². The Labute approximate surface area is 354 Å². The number of allylic oxidation sites excluding steroid dienone is 5. The molecule has 1 aliphatic rings. The molecule has 4 N–H and O–H groups in total. The Morgan fingerprint density at radius 2 is 1.24 bits per heavy atom. The molecular weight excluding hydrogens is 802 g/mol. The summed E-state index contributed by atoms with van der Waals surface area (Å²) in [5, 5.41) is 9.75. The molecule has 0 spiro atoms. The first-order valence-electron chi connectivity index (χ1n) is 22.2. The predicted octanol–water partition coefficient (Wildman–Crippen LogP) is 10.1. The van der Waals surface area contributed by atoms with Crippen LogP contribution in [0.25, 0.3) is 0 Å². The van der Waals surface area contributed by atoms with Crippen molar-refractivity contribution in [1.82, 2.24) is 0 Å². The molecule has 0 aliphatic carbocycles. The summed E-state index contributed by atoms with van der Waals surface area (Å²) in [6.45, 7) is 3.99. The second-order valence-electron chi connectivity index (χ2n) is 15.6. The molecule has 0 saturated carbocycles. The van der Waals surface area contributed by atoms with Crippen LogP contribution in [0.5, 0.6) is 0 Å². The van der Waals surface area contributed by atoms with Crippen molar-refractivity contribution >= 4 is 27.6 Å². The number of ether oxygens (including phenoxy) is 3. The molecule has 16 heteroatoms. The molecule has 14 nitrogen and oxygen atoms in total. The lowest BCUT2D eigenvalue weighted by Crippen LogP contribution is -2.30. The lowest BCUT2D eigenvalue weighted by Gasteiger charge is -2.20. The van der Waals surface area contributed by atoms with E-state index in [1.807, 2.05) is 12.2 Å². The number of rotatable bonds is 40. The third kappa shape index (κ3) is 35.6. The summed E-state index contributed by atoms with van der Waals surface area (Å²) in [5.74, 6) is -0.285. The summed E-state index contributed by atoms with van der Waals surface area (Å²) in [5.41, 5.74) is 0. The first-order valence-corrected chi connectivity index (χ1v) is 25.2. The summed E-state index contributed by atoms with van der Waals surface area (Å²) in [6, 6.07) is 0. The number of carbonyl (C=O) groups is 2. The molecular formula is C43H78O14P2. The van der Waals surface area contributed by atoms with Crippen LogP contribution in [0.4, 0.5) is 0 Å². The van der Waals surface area contributed by atoms with Crippen molar-refractivity contribution in [3.05, 3.63) is 36.5 Å². The number of aliphatic hydroxyl groups is 1. The van der Waals surface area contributed by atoms with Gasteiger partial charge in [0, 0.05) is 12.8 Å². The number of aliphatic hydroxyl groups excluding tert-OH is 1. The summed E-state index contributed by atoms with van der Waals surface area (Å²) < 4.78 is 53.4. The standard InChI is InChI=1S/C43H78O14P2/c1-4-6-23-29-40-41(57-40)30-25-20-16-12-8-10-13-17-21-26-31-42(45)52-35-39(36-55-59(50,51)54-34-38(44)33-53-58(47,48)49)56-43(46)32-27-22-18-14-9-7-11-15-19-24-28-37(3)5-2/h8,12-13,17,20,25,37-41,44H,4-7,9-11,14-16,18-19,21-24,26-36H2,1-3H3,(H,50,51)(H2,47,48,49)/b12-8-,17-13-,25-20-/t37?,38-,39+,40?,41?/m0/s1. The molecule has 6 atom stereocenters. The zero-order valence-corrected chi connectivity index (χ0v) is 38.0. The predicted molar refractivity (Wildman–Crippen MR) is 229 cm³/mol. The van der Waals surface area contributed by atoms with Gasteiger partial charge in [0.15, 0.2) is 6.10 Å². The summed E-state index contributed by atoms with van der Waals surface area (Å²) in [4.78, 5) is 52.7. The average Bonchev–Trinajstić information content (AvgIpc) is 3.95. The van der Waals surface area contributed by atoms with E-state index in [0.717, 1.165) is 44.4 Å². The van der Waals surface area contributed by atoms with Gasteiger partial charge in [0.05, 0.1) is 32.0 Å². The lowest BCUT2D eigenvalue weighted by atomic mass is 9.99. The molecule has 4 unspecified atom stereocenters. The van der Waals surface area contributed by atoms with Crippen LogP contribution in [-0.4, -0.2) is 82.6 Å². The van der Waals surface area contributed by atoms with E-state index in [4.69, 9.17) is 28.5 Å². The monoisotopic (exact) mass is 880 g/mol. The van der Waals surface area contributed by atoms with Crippen LogP contribution >= 0.6 is 15.6 Å². The maximum absolute atomic E-state index is 12.7. The number of epoxide rings is 1. The van der Waals surface area contributed by atoms with E-state index >= 15 is 0 Å². The Bertz CT molecular complexity index is 1270. The highest BCUT2D eigenvalue weighted by molar-refractivity contribution is 7.47. The minimum absolute atomic E-state index is 0.116. The summed E-state index contributed by atoms with van der Waals surface area (Å²) in [6.07, 6.45) is 33.2. The molecule has 0 aromatic carbocycles. The number of phosphoric ester groups is 2. The van der Waals surface area contributed by atoms with Gasteiger partial charge in [0.1, 0.15) is 12.7 Å². The fourth-order valence-electron chi connectivity index (χ4n) is 6.12. The highest BCUT2D eigenvalue weighted by atomic mass is 31.2. The molecule has 1 rings (SSSR count). The van der Waals surface area contributed by atoms with Crippen molar-refractivity contribution in [3.63, 3.8) is 0 Å². The van der Waals surface area contributed by atoms with Crippen LogP contribution in [-0.2, 0) is 46.5 Å². The van der Waals surface area contributed by atoms with E-state index in [-0.39, 0.29) is 12.8 Å². The van der Waals surface area contributed by atoms with Crippen molar-refractivity contribution in [2.24, 2.45) is 5.92 Å². The zero-order valence-electron chi connectivity index (χ0n) is 36.2. The van der Waals surface area contributed by atoms with Crippen molar-refractivity contribution in [3.8, 4) is 0 Å². The highest BCUT2D eigenvalue weighted by Crippen LogP contribution is 2.44. The Morgan fingerprint density at radius 3 is 1.88 bits per heavy atom. The van der Waals surface area contributed by atoms with Gasteiger partial charge in [0.25, 0.3) is 0 Å². The van der Waals surface area contributed by atoms with Crippen LogP contribution in [0, 0.1) is 5.92 Å². The Hall–Kier alpha value is -1.70. The molecule has 1 heterocycles. The zero-order chi connectivity index (χ0) is 43.6. The van der Waals surface area contributed by atoms with E-state index in [0.29, 0.717) is 31.5 Å². The van der Waals surface area contributed by atoms with Gasteiger partial charge in [-0.2, -0.15) is 0 Å². The quantitative estimate of drug-likeness (QED) is 0.0149. The maximum Gasteiger partial charge on any atom is 0.472 e. The van der Waals surface area contributed by atoms with Gasteiger partial charge >= 0.3 is 27.6 Å². The van der Waals surface area contributed by atoms with E-state index in [2.05, 4.69) is 54.1 Å². The fourth-order valence-corrected chi connectivity index (χ4v) is 7.27. The smallest absolute Gasteiger partial charge is 0.462 e. The first-order chi connectivity index (χ1) is 28.2. The number of hydrogen-bond donors (Lipinski definition) is 4. The van der Waals surface area contributed by atoms with Crippen LogP contribution in [0.2, 0.25) is 0 Å². The third-order valence-corrected chi connectivity index (χ3v) is 11.4.